The monoisotopic (exact) mass is 528 g/mol. The molecule has 0 bridgehead atoms. The maximum atomic E-state index is 13.7. The largest absolute Gasteiger partial charge is 0.228 e. The van der Waals surface area contributed by atoms with Gasteiger partial charge in [-0.2, -0.15) is 0 Å². The van der Waals surface area contributed by atoms with Crippen molar-refractivity contribution >= 4 is 10.8 Å². The topological polar surface area (TPSA) is 25.8 Å². The Morgan fingerprint density at radius 3 is 1.66 bits per heavy atom. The summed E-state index contributed by atoms with van der Waals surface area (Å²) < 4.78 is 13.7. The van der Waals surface area contributed by atoms with Crippen LogP contribution in [0.2, 0.25) is 0 Å². The van der Waals surface area contributed by atoms with E-state index in [1.165, 1.54) is 12.1 Å². The fourth-order valence-electron chi connectivity index (χ4n) is 5.34. The Morgan fingerprint density at radius 1 is 0.366 bits per heavy atom. The summed E-state index contributed by atoms with van der Waals surface area (Å²) in [5, 5.41) is 2.17. The predicted octanol–water partition coefficient (Wildman–Crippen LogP) is 10.1. The van der Waals surface area contributed by atoms with Crippen LogP contribution in [-0.2, 0) is 0 Å². The second kappa shape index (κ2) is 10.6. The highest BCUT2D eigenvalue weighted by Crippen LogP contribution is 2.37. The molecule has 41 heavy (non-hydrogen) atoms. The molecule has 1 aromatic heterocycles. The molecule has 0 fully saturated rings. The first-order valence-corrected chi connectivity index (χ1v) is 13.6. The van der Waals surface area contributed by atoms with E-state index in [9.17, 15) is 4.39 Å². The van der Waals surface area contributed by atoms with Crippen molar-refractivity contribution in [2.45, 2.75) is 0 Å². The number of hydrogen-bond donors (Lipinski definition) is 0. The zero-order valence-electron chi connectivity index (χ0n) is 22.2. The number of hydrogen-bond acceptors (Lipinski definition) is 2. The molecule has 0 N–H and O–H groups in total. The first-order chi connectivity index (χ1) is 20.2. The molecule has 0 saturated heterocycles. The summed E-state index contributed by atoms with van der Waals surface area (Å²) in [6.07, 6.45) is 0. The van der Waals surface area contributed by atoms with Crippen LogP contribution >= 0.6 is 0 Å². The predicted molar refractivity (Wildman–Crippen MR) is 167 cm³/mol. The van der Waals surface area contributed by atoms with Crippen LogP contribution in [0, 0.1) is 5.82 Å². The van der Waals surface area contributed by atoms with Gasteiger partial charge in [0.1, 0.15) is 5.82 Å². The Balaban J connectivity index is 1.42. The minimum absolute atomic E-state index is 0.243. The maximum Gasteiger partial charge on any atom is 0.160 e. The molecule has 6 aromatic carbocycles. The lowest BCUT2D eigenvalue weighted by Crippen LogP contribution is -1.97. The summed E-state index contributed by atoms with van der Waals surface area (Å²) in [5.74, 6) is 0.433. The number of halogens is 1. The number of nitrogens with zero attached hydrogens (tertiary/aromatic N) is 2. The quantitative estimate of drug-likeness (QED) is 0.222. The van der Waals surface area contributed by atoms with E-state index in [0.717, 1.165) is 61.1 Å². The van der Waals surface area contributed by atoms with Gasteiger partial charge in [-0.15, -0.1) is 0 Å². The van der Waals surface area contributed by atoms with E-state index in [1.54, 1.807) is 0 Å². The van der Waals surface area contributed by atoms with E-state index in [1.807, 2.05) is 60.7 Å². The van der Waals surface area contributed by atoms with Gasteiger partial charge in [-0.05, 0) is 57.3 Å². The standard InChI is InChI=1S/C38H25FN2/c39-31-20-18-27(19-21-31)32-22-23-35(34-17-8-7-16-33(32)34)37-25-36(40-38(41-37)28-12-5-2-6-13-28)30-15-9-14-29(24-30)26-10-3-1-4-11-26/h1-25H. The summed E-state index contributed by atoms with van der Waals surface area (Å²) in [5.41, 5.74) is 9.04. The van der Waals surface area contributed by atoms with Crippen LogP contribution in [0.25, 0.3) is 66.9 Å². The van der Waals surface area contributed by atoms with E-state index in [0.29, 0.717) is 5.82 Å². The third-order valence-electron chi connectivity index (χ3n) is 7.38. The van der Waals surface area contributed by atoms with Gasteiger partial charge in [-0.1, -0.05) is 127 Å². The molecule has 0 unspecified atom stereocenters. The Bertz CT molecular complexity index is 1980. The minimum Gasteiger partial charge on any atom is -0.228 e. The molecule has 0 saturated carbocycles. The van der Waals surface area contributed by atoms with Crippen LogP contribution in [0.1, 0.15) is 0 Å². The van der Waals surface area contributed by atoms with Crippen molar-refractivity contribution in [2.75, 3.05) is 0 Å². The van der Waals surface area contributed by atoms with Crippen molar-refractivity contribution < 1.29 is 4.39 Å². The summed E-state index contributed by atoms with van der Waals surface area (Å²) in [7, 11) is 0. The average Bonchev–Trinajstić information content (AvgIpc) is 3.05. The van der Waals surface area contributed by atoms with Crippen molar-refractivity contribution in [2.24, 2.45) is 0 Å². The molecular formula is C38H25FN2. The van der Waals surface area contributed by atoms with Gasteiger partial charge in [-0.3, -0.25) is 0 Å². The van der Waals surface area contributed by atoms with Crippen LogP contribution in [0.5, 0.6) is 0 Å². The number of aromatic nitrogens is 2. The van der Waals surface area contributed by atoms with E-state index in [4.69, 9.17) is 9.97 Å². The highest BCUT2D eigenvalue weighted by molar-refractivity contribution is 6.04. The molecule has 0 radical (unpaired) electrons. The second-order valence-corrected chi connectivity index (χ2v) is 9.99. The molecule has 0 atom stereocenters. The molecule has 0 aliphatic rings. The van der Waals surface area contributed by atoms with Crippen molar-refractivity contribution in [1.82, 2.24) is 9.97 Å². The van der Waals surface area contributed by atoms with Crippen molar-refractivity contribution in [3.8, 4) is 56.2 Å². The van der Waals surface area contributed by atoms with Gasteiger partial charge < -0.3 is 0 Å². The van der Waals surface area contributed by atoms with Gasteiger partial charge in [0.25, 0.3) is 0 Å². The molecular weight excluding hydrogens is 503 g/mol. The normalized spacial score (nSPS) is 11.0. The molecule has 0 aliphatic carbocycles. The average molecular weight is 529 g/mol. The maximum absolute atomic E-state index is 13.7. The fourth-order valence-corrected chi connectivity index (χ4v) is 5.34. The Labute approximate surface area is 238 Å². The molecule has 7 aromatic rings. The number of rotatable bonds is 5. The Morgan fingerprint density at radius 2 is 0.927 bits per heavy atom. The van der Waals surface area contributed by atoms with E-state index < -0.39 is 0 Å². The van der Waals surface area contributed by atoms with Gasteiger partial charge in [0.15, 0.2) is 5.82 Å². The van der Waals surface area contributed by atoms with Gasteiger partial charge in [-0.25, -0.2) is 14.4 Å². The van der Waals surface area contributed by atoms with Crippen LogP contribution in [-0.4, -0.2) is 9.97 Å². The van der Waals surface area contributed by atoms with E-state index in [-0.39, 0.29) is 5.82 Å². The zero-order chi connectivity index (χ0) is 27.6. The molecule has 0 amide bonds. The highest BCUT2D eigenvalue weighted by atomic mass is 19.1. The van der Waals surface area contributed by atoms with Crippen molar-refractivity contribution in [1.29, 1.82) is 0 Å². The molecule has 194 valence electrons. The molecule has 0 aliphatic heterocycles. The summed E-state index contributed by atoms with van der Waals surface area (Å²) in [6.45, 7) is 0. The second-order valence-electron chi connectivity index (χ2n) is 9.99. The fraction of sp³-hybridized carbons (Fsp3) is 0. The smallest absolute Gasteiger partial charge is 0.160 e. The van der Waals surface area contributed by atoms with E-state index in [2.05, 4.69) is 78.9 Å². The summed E-state index contributed by atoms with van der Waals surface area (Å²) in [4.78, 5) is 10.1. The summed E-state index contributed by atoms with van der Waals surface area (Å²) in [6, 6.07) is 50.2. The SMILES string of the molecule is Fc1ccc(-c2ccc(-c3cc(-c4cccc(-c5ccccc5)c4)nc(-c4ccccc4)n3)c3ccccc23)cc1. The third kappa shape index (κ3) is 4.90. The first-order valence-electron chi connectivity index (χ1n) is 13.6. The number of benzene rings is 6. The van der Waals surface area contributed by atoms with Crippen LogP contribution in [0.3, 0.4) is 0 Å². The van der Waals surface area contributed by atoms with E-state index >= 15 is 0 Å². The van der Waals surface area contributed by atoms with Gasteiger partial charge in [0.05, 0.1) is 11.4 Å². The van der Waals surface area contributed by atoms with Crippen molar-refractivity contribution in [3.05, 3.63) is 157 Å². The lowest BCUT2D eigenvalue weighted by molar-refractivity contribution is 0.628. The van der Waals surface area contributed by atoms with Crippen LogP contribution in [0.15, 0.2) is 152 Å². The highest BCUT2D eigenvalue weighted by Gasteiger charge is 2.15. The van der Waals surface area contributed by atoms with Crippen LogP contribution < -0.4 is 0 Å². The first kappa shape index (κ1) is 24.6. The van der Waals surface area contributed by atoms with Crippen LogP contribution in [0.4, 0.5) is 4.39 Å². The molecule has 3 heteroatoms. The van der Waals surface area contributed by atoms with Gasteiger partial charge in [0.2, 0.25) is 0 Å². The third-order valence-corrected chi connectivity index (χ3v) is 7.38. The lowest BCUT2D eigenvalue weighted by atomic mass is 9.93. The zero-order valence-corrected chi connectivity index (χ0v) is 22.2. The Kier molecular flexibility index (Phi) is 6.38. The Hall–Kier alpha value is -5.41. The molecule has 1 heterocycles. The minimum atomic E-state index is -0.243. The molecule has 7 rings (SSSR count). The molecule has 0 spiro atoms. The van der Waals surface area contributed by atoms with Gasteiger partial charge >= 0.3 is 0 Å². The number of fused-ring (bicyclic) bond motifs is 1. The molecule has 2 nitrogen and oxygen atoms in total. The van der Waals surface area contributed by atoms with Crippen molar-refractivity contribution in [3.63, 3.8) is 0 Å². The van der Waals surface area contributed by atoms with Gasteiger partial charge in [0, 0.05) is 16.7 Å². The lowest BCUT2D eigenvalue weighted by Gasteiger charge is -2.14. The summed E-state index contributed by atoms with van der Waals surface area (Å²) >= 11 is 0.